The number of hydrogen-bond acceptors (Lipinski definition) is 5. The molecule has 1 aliphatic rings. The number of ether oxygens (including phenoxy) is 2. The van der Waals surface area contributed by atoms with Crippen molar-refractivity contribution in [1.29, 1.82) is 0 Å². The van der Waals surface area contributed by atoms with Crippen LogP contribution >= 0.6 is 0 Å². The Bertz CT molecular complexity index is 750. The normalized spacial score (nSPS) is 19.4. The first-order valence-corrected chi connectivity index (χ1v) is 8.99. The second kappa shape index (κ2) is 9.19. The average Bonchev–Trinajstić information content (AvgIpc) is 2.71. The third-order valence-corrected chi connectivity index (χ3v) is 4.49. The molecule has 0 bridgehead atoms. The fourth-order valence-electron chi connectivity index (χ4n) is 3.03. The summed E-state index contributed by atoms with van der Waals surface area (Å²) in [7, 11) is 0. The van der Waals surface area contributed by atoms with Crippen molar-refractivity contribution in [3.05, 3.63) is 71.8 Å². The van der Waals surface area contributed by atoms with Crippen molar-refractivity contribution in [1.82, 2.24) is 4.90 Å². The summed E-state index contributed by atoms with van der Waals surface area (Å²) in [5.41, 5.74) is 1.73. The Morgan fingerprint density at radius 1 is 0.889 bits per heavy atom. The van der Waals surface area contributed by atoms with E-state index in [4.69, 9.17) is 9.47 Å². The largest absolute Gasteiger partial charge is 0.459 e. The summed E-state index contributed by atoms with van der Waals surface area (Å²) in [5, 5.41) is 9.92. The zero-order valence-corrected chi connectivity index (χ0v) is 15.0. The highest BCUT2D eigenvalue weighted by molar-refractivity contribution is 5.81. The quantitative estimate of drug-likeness (QED) is 0.820. The predicted molar refractivity (Wildman–Crippen MR) is 98.6 cm³/mol. The van der Waals surface area contributed by atoms with Crippen LogP contribution in [0.3, 0.4) is 0 Å². The van der Waals surface area contributed by atoms with Gasteiger partial charge in [-0.2, -0.15) is 0 Å². The number of aliphatic hydroxyl groups is 1. The van der Waals surface area contributed by atoms with Gasteiger partial charge in [0.1, 0.15) is 19.3 Å². The summed E-state index contributed by atoms with van der Waals surface area (Å²) in [6.07, 6.45) is -0.519. The highest BCUT2D eigenvalue weighted by atomic mass is 16.6. The van der Waals surface area contributed by atoms with Crippen LogP contribution in [-0.2, 0) is 27.5 Å². The molecule has 1 N–H and O–H groups in total. The van der Waals surface area contributed by atoms with E-state index >= 15 is 0 Å². The fourth-order valence-corrected chi connectivity index (χ4v) is 3.03. The Hall–Kier alpha value is -2.86. The van der Waals surface area contributed by atoms with Crippen molar-refractivity contribution in [2.24, 2.45) is 0 Å². The second-order valence-electron chi connectivity index (χ2n) is 6.53. The molecular weight excluding hydrogens is 346 g/mol. The maximum Gasteiger partial charge on any atom is 0.410 e. The van der Waals surface area contributed by atoms with Crippen molar-refractivity contribution in [3.8, 4) is 0 Å². The first-order chi connectivity index (χ1) is 13.1. The van der Waals surface area contributed by atoms with Gasteiger partial charge in [-0.3, -0.25) is 4.90 Å². The van der Waals surface area contributed by atoms with Gasteiger partial charge in [0.05, 0.1) is 12.6 Å². The molecule has 1 saturated heterocycles. The standard InChI is InChI=1S/C21H23NO5/c23-18-11-12-19(20(24)26-14-16-7-3-1-4-8-16)22(13-18)21(25)27-15-17-9-5-2-6-10-17/h1-10,18-19,23H,11-15H2/t18-,19-/m1/s1. The summed E-state index contributed by atoms with van der Waals surface area (Å²) in [5.74, 6) is -0.484. The van der Waals surface area contributed by atoms with Crippen LogP contribution in [0.2, 0.25) is 0 Å². The van der Waals surface area contributed by atoms with Gasteiger partial charge in [0.15, 0.2) is 0 Å². The van der Waals surface area contributed by atoms with E-state index < -0.39 is 24.2 Å². The van der Waals surface area contributed by atoms with Crippen molar-refractivity contribution in [3.63, 3.8) is 0 Å². The molecule has 6 heteroatoms. The van der Waals surface area contributed by atoms with E-state index in [0.717, 1.165) is 11.1 Å². The van der Waals surface area contributed by atoms with Crippen molar-refractivity contribution in [2.75, 3.05) is 6.54 Å². The average molecular weight is 369 g/mol. The van der Waals surface area contributed by atoms with Gasteiger partial charge in [0, 0.05) is 0 Å². The number of carbonyl (C=O) groups is 2. The molecule has 6 nitrogen and oxygen atoms in total. The number of hydrogen-bond donors (Lipinski definition) is 1. The third-order valence-electron chi connectivity index (χ3n) is 4.49. The first kappa shape index (κ1) is 18.9. The topological polar surface area (TPSA) is 76.1 Å². The van der Waals surface area contributed by atoms with E-state index in [1.807, 2.05) is 60.7 Å². The molecule has 0 saturated carbocycles. The summed E-state index contributed by atoms with van der Waals surface area (Å²) in [4.78, 5) is 26.3. The fraction of sp³-hybridized carbons (Fsp3) is 0.333. The molecule has 142 valence electrons. The van der Waals surface area contributed by atoms with Crippen molar-refractivity contribution in [2.45, 2.75) is 38.2 Å². The van der Waals surface area contributed by atoms with Crippen LogP contribution in [0.5, 0.6) is 0 Å². The maximum atomic E-state index is 12.5. The molecule has 2 aromatic rings. The van der Waals surface area contributed by atoms with Crippen LogP contribution in [0.25, 0.3) is 0 Å². The zero-order valence-electron chi connectivity index (χ0n) is 15.0. The molecular formula is C21H23NO5. The monoisotopic (exact) mass is 369 g/mol. The van der Waals surface area contributed by atoms with Crippen molar-refractivity contribution < 1.29 is 24.2 Å². The number of piperidine rings is 1. The number of rotatable bonds is 5. The highest BCUT2D eigenvalue weighted by Gasteiger charge is 2.37. The third kappa shape index (κ3) is 5.31. The van der Waals surface area contributed by atoms with Gasteiger partial charge < -0.3 is 14.6 Å². The molecule has 2 atom stereocenters. The molecule has 0 aromatic heterocycles. The van der Waals surface area contributed by atoms with E-state index in [2.05, 4.69) is 0 Å². The number of benzene rings is 2. The highest BCUT2D eigenvalue weighted by Crippen LogP contribution is 2.21. The molecule has 0 spiro atoms. The van der Waals surface area contributed by atoms with Crippen LogP contribution in [0, 0.1) is 0 Å². The number of esters is 1. The molecule has 2 aromatic carbocycles. The van der Waals surface area contributed by atoms with Gasteiger partial charge in [0.25, 0.3) is 0 Å². The Balaban J connectivity index is 1.59. The number of aliphatic hydroxyl groups excluding tert-OH is 1. The Morgan fingerprint density at radius 2 is 1.44 bits per heavy atom. The molecule has 0 radical (unpaired) electrons. The zero-order chi connectivity index (χ0) is 19.1. The summed E-state index contributed by atoms with van der Waals surface area (Å²) in [6, 6.07) is 17.9. The Morgan fingerprint density at radius 3 is 2.04 bits per heavy atom. The van der Waals surface area contributed by atoms with Crippen LogP contribution in [0.1, 0.15) is 24.0 Å². The minimum absolute atomic E-state index is 0.0543. The molecule has 3 rings (SSSR count). The van der Waals surface area contributed by atoms with Gasteiger partial charge in [-0.05, 0) is 24.0 Å². The van der Waals surface area contributed by atoms with Crippen LogP contribution < -0.4 is 0 Å². The van der Waals surface area contributed by atoms with Crippen LogP contribution in [0.4, 0.5) is 4.79 Å². The lowest BCUT2D eigenvalue weighted by atomic mass is 10.0. The number of likely N-dealkylation sites (tertiary alicyclic amines) is 1. The van der Waals surface area contributed by atoms with Gasteiger partial charge >= 0.3 is 12.1 Å². The first-order valence-electron chi connectivity index (χ1n) is 8.99. The minimum atomic E-state index is -0.750. The van der Waals surface area contributed by atoms with E-state index in [0.29, 0.717) is 12.8 Å². The lowest BCUT2D eigenvalue weighted by Gasteiger charge is -2.35. The lowest BCUT2D eigenvalue weighted by molar-refractivity contribution is -0.153. The molecule has 1 amide bonds. The summed E-state index contributed by atoms with van der Waals surface area (Å²) < 4.78 is 10.7. The van der Waals surface area contributed by atoms with E-state index in [-0.39, 0.29) is 19.8 Å². The predicted octanol–water partition coefficient (Wildman–Crippen LogP) is 2.89. The lowest BCUT2D eigenvalue weighted by Crippen LogP contribution is -2.52. The molecule has 27 heavy (non-hydrogen) atoms. The maximum absolute atomic E-state index is 12.5. The molecule has 1 fully saturated rings. The van der Waals surface area contributed by atoms with E-state index in [9.17, 15) is 14.7 Å². The molecule has 1 heterocycles. The second-order valence-corrected chi connectivity index (χ2v) is 6.53. The minimum Gasteiger partial charge on any atom is -0.459 e. The smallest absolute Gasteiger partial charge is 0.410 e. The van der Waals surface area contributed by atoms with Gasteiger partial charge in [-0.1, -0.05) is 60.7 Å². The Kier molecular flexibility index (Phi) is 6.44. The van der Waals surface area contributed by atoms with Crippen LogP contribution in [-0.4, -0.2) is 40.8 Å². The number of β-amino-alcohol motifs (C(OH)–C–C–N with tert-alkyl or cyclic N) is 1. The molecule has 0 unspecified atom stereocenters. The van der Waals surface area contributed by atoms with Crippen LogP contribution in [0.15, 0.2) is 60.7 Å². The SMILES string of the molecule is O=C(OCc1ccccc1)[C@H]1CC[C@@H](O)CN1C(=O)OCc1ccccc1. The molecule has 0 aliphatic carbocycles. The van der Waals surface area contributed by atoms with E-state index in [1.165, 1.54) is 4.90 Å². The number of carbonyl (C=O) groups excluding carboxylic acids is 2. The summed E-state index contributed by atoms with van der Waals surface area (Å²) in [6.45, 7) is 0.308. The number of amides is 1. The van der Waals surface area contributed by atoms with Gasteiger partial charge in [0.2, 0.25) is 0 Å². The van der Waals surface area contributed by atoms with Gasteiger partial charge in [-0.25, -0.2) is 9.59 Å². The number of nitrogens with zero attached hydrogens (tertiary/aromatic N) is 1. The Labute approximate surface area is 158 Å². The van der Waals surface area contributed by atoms with Crippen molar-refractivity contribution >= 4 is 12.1 Å². The molecule has 1 aliphatic heterocycles. The van der Waals surface area contributed by atoms with E-state index in [1.54, 1.807) is 0 Å². The summed E-state index contributed by atoms with van der Waals surface area (Å²) >= 11 is 0. The van der Waals surface area contributed by atoms with Gasteiger partial charge in [-0.15, -0.1) is 0 Å².